The van der Waals surface area contributed by atoms with Crippen LogP contribution in [0.1, 0.15) is 53.4 Å². The monoisotopic (exact) mass is 227 g/mol. The van der Waals surface area contributed by atoms with Crippen molar-refractivity contribution in [1.82, 2.24) is 5.32 Å². The number of nitrogens with one attached hydrogen (secondary N) is 1. The highest BCUT2D eigenvalue weighted by Crippen LogP contribution is 2.30. The Bertz CT molecular complexity index is 203. The summed E-state index contributed by atoms with van der Waals surface area (Å²) in [6, 6.07) is 0.698. The van der Waals surface area contributed by atoms with Gasteiger partial charge in [-0.2, -0.15) is 0 Å². The summed E-state index contributed by atoms with van der Waals surface area (Å²) in [4.78, 5) is 0. The lowest BCUT2D eigenvalue weighted by molar-refractivity contribution is 0.180. The summed E-state index contributed by atoms with van der Waals surface area (Å²) in [6.07, 6.45) is 4.88. The molecule has 1 aliphatic rings. The first-order valence-corrected chi connectivity index (χ1v) is 6.79. The minimum absolute atomic E-state index is 0.223. The normalized spacial score (nSPS) is 31.7. The highest BCUT2D eigenvalue weighted by Gasteiger charge is 2.26. The second-order valence-corrected chi connectivity index (χ2v) is 6.48. The summed E-state index contributed by atoms with van der Waals surface area (Å²) in [6.45, 7) is 10.5. The van der Waals surface area contributed by atoms with Crippen LogP contribution in [0, 0.1) is 17.3 Å². The molecule has 2 N–H and O–H groups in total. The van der Waals surface area contributed by atoms with Crippen LogP contribution in [0.25, 0.3) is 0 Å². The zero-order chi connectivity index (χ0) is 12.2. The van der Waals surface area contributed by atoms with Gasteiger partial charge in [0.1, 0.15) is 0 Å². The first-order chi connectivity index (χ1) is 7.44. The topological polar surface area (TPSA) is 32.3 Å². The summed E-state index contributed by atoms with van der Waals surface area (Å²) in [5, 5.41) is 12.7. The molecule has 1 rings (SSSR count). The summed E-state index contributed by atoms with van der Waals surface area (Å²) in [7, 11) is 0. The molecule has 1 aliphatic carbocycles. The van der Waals surface area contributed by atoms with Crippen LogP contribution in [-0.2, 0) is 0 Å². The second kappa shape index (κ2) is 6.02. The van der Waals surface area contributed by atoms with Crippen LogP contribution in [0.4, 0.5) is 0 Å². The van der Waals surface area contributed by atoms with Gasteiger partial charge in [-0.1, -0.05) is 27.7 Å². The van der Waals surface area contributed by atoms with Crippen LogP contribution in [0.3, 0.4) is 0 Å². The van der Waals surface area contributed by atoms with E-state index in [0.29, 0.717) is 12.6 Å². The minimum Gasteiger partial charge on any atom is -0.396 e. The van der Waals surface area contributed by atoms with Gasteiger partial charge in [-0.15, -0.1) is 0 Å². The SMILES string of the molecule is C[C@H]1CC[C@H](NCC(C)(C)CCO)C[C@@H]1C. The number of aliphatic hydroxyl groups is 1. The van der Waals surface area contributed by atoms with E-state index >= 15 is 0 Å². The van der Waals surface area contributed by atoms with Gasteiger partial charge in [0.05, 0.1) is 0 Å². The van der Waals surface area contributed by atoms with Gasteiger partial charge in [0, 0.05) is 19.2 Å². The first-order valence-electron chi connectivity index (χ1n) is 6.79. The fraction of sp³-hybridized carbons (Fsp3) is 1.00. The molecule has 3 atom stereocenters. The Morgan fingerprint density at radius 2 is 1.88 bits per heavy atom. The average Bonchev–Trinajstić information content (AvgIpc) is 2.20. The van der Waals surface area contributed by atoms with Crippen molar-refractivity contribution < 1.29 is 5.11 Å². The molecular weight excluding hydrogens is 198 g/mol. The lowest BCUT2D eigenvalue weighted by Crippen LogP contribution is -2.41. The molecule has 2 heteroatoms. The maximum atomic E-state index is 8.99. The van der Waals surface area contributed by atoms with Crippen molar-refractivity contribution >= 4 is 0 Å². The molecule has 0 spiro atoms. The molecule has 0 heterocycles. The molecule has 16 heavy (non-hydrogen) atoms. The van der Waals surface area contributed by atoms with Gasteiger partial charge in [-0.3, -0.25) is 0 Å². The molecule has 0 aromatic rings. The highest BCUT2D eigenvalue weighted by molar-refractivity contribution is 4.82. The van der Waals surface area contributed by atoms with E-state index in [-0.39, 0.29) is 5.41 Å². The zero-order valence-electron chi connectivity index (χ0n) is 11.4. The van der Waals surface area contributed by atoms with E-state index in [1.807, 2.05) is 0 Å². The van der Waals surface area contributed by atoms with Gasteiger partial charge in [-0.25, -0.2) is 0 Å². The van der Waals surface area contributed by atoms with Crippen LogP contribution in [-0.4, -0.2) is 24.3 Å². The third-order valence-corrected chi connectivity index (χ3v) is 4.26. The molecule has 1 fully saturated rings. The van der Waals surface area contributed by atoms with E-state index in [1.165, 1.54) is 19.3 Å². The fourth-order valence-electron chi connectivity index (χ4n) is 2.54. The Morgan fingerprint density at radius 1 is 1.19 bits per heavy atom. The van der Waals surface area contributed by atoms with Crippen LogP contribution in [0.5, 0.6) is 0 Å². The quantitative estimate of drug-likeness (QED) is 0.757. The molecule has 0 aliphatic heterocycles. The summed E-state index contributed by atoms with van der Waals surface area (Å²) < 4.78 is 0. The Balaban J connectivity index is 2.28. The van der Waals surface area contributed by atoms with E-state index in [2.05, 4.69) is 33.0 Å². The molecule has 0 bridgehead atoms. The molecule has 1 saturated carbocycles. The maximum Gasteiger partial charge on any atom is 0.0436 e. The van der Waals surface area contributed by atoms with Crippen molar-refractivity contribution in [2.75, 3.05) is 13.2 Å². The first kappa shape index (κ1) is 14.0. The van der Waals surface area contributed by atoms with Crippen molar-refractivity contribution in [3.8, 4) is 0 Å². The molecule has 0 saturated heterocycles. The Morgan fingerprint density at radius 3 is 2.44 bits per heavy atom. The molecule has 0 radical (unpaired) electrons. The van der Waals surface area contributed by atoms with E-state index in [9.17, 15) is 0 Å². The molecule has 0 aromatic heterocycles. The van der Waals surface area contributed by atoms with Crippen molar-refractivity contribution in [2.45, 2.75) is 59.4 Å². The number of hydrogen-bond donors (Lipinski definition) is 2. The molecular formula is C14H29NO. The Labute approximate surface area is 101 Å². The van der Waals surface area contributed by atoms with E-state index in [0.717, 1.165) is 24.8 Å². The third-order valence-electron chi connectivity index (χ3n) is 4.26. The lowest BCUT2D eigenvalue weighted by Gasteiger charge is -2.35. The molecule has 2 nitrogen and oxygen atoms in total. The molecule has 0 aromatic carbocycles. The van der Waals surface area contributed by atoms with Gasteiger partial charge in [0.25, 0.3) is 0 Å². The van der Waals surface area contributed by atoms with Crippen molar-refractivity contribution in [3.63, 3.8) is 0 Å². The van der Waals surface area contributed by atoms with Gasteiger partial charge in [-0.05, 0) is 42.9 Å². The number of hydrogen-bond acceptors (Lipinski definition) is 2. The fourth-order valence-corrected chi connectivity index (χ4v) is 2.54. The largest absolute Gasteiger partial charge is 0.396 e. The molecule has 0 unspecified atom stereocenters. The maximum absolute atomic E-state index is 8.99. The number of rotatable bonds is 5. The van der Waals surface area contributed by atoms with Crippen LogP contribution >= 0.6 is 0 Å². The lowest BCUT2D eigenvalue weighted by atomic mass is 9.78. The number of aliphatic hydroxyl groups excluding tert-OH is 1. The summed E-state index contributed by atoms with van der Waals surface area (Å²) in [5.41, 5.74) is 0.223. The van der Waals surface area contributed by atoms with Gasteiger partial charge in [0.2, 0.25) is 0 Å². The summed E-state index contributed by atoms with van der Waals surface area (Å²) in [5.74, 6) is 1.75. The smallest absolute Gasteiger partial charge is 0.0436 e. The van der Waals surface area contributed by atoms with Gasteiger partial charge in [0.15, 0.2) is 0 Å². The van der Waals surface area contributed by atoms with Crippen LogP contribution < -0.4 is 5.32 Å². The average molecular weight is 227 g/mol. The van der Waals surface area contributed by atoms with Crippen molar-refractivity contribution in [1.29, 1.82) is 0 Å². The Kier molecular flexibility index (Phi) is 5.26. The predicted molar refractivity (Wildman–Crippen MR) is 69.5 cm³/mol. The van der Waals surface area contributed by atoms with Gasteiger partial charge < -0.3 is 10.4 Å². The van der Waals surface area contributed by atoms with Crippen molar-refractivity contribution in [3.05, 3.63) is 0 Å². The standard InChI is InChI=1S/C14H29NO/c1-11-5-6-13(9-12(11)2)15-10-14(3,4)7-8-16/h11-13,15-16H,5-10H2,1-4H3/t11-,12-,13-/m0/s1. The molecule has 0 amide bonds. The highest BCUT2D eigenvalue weighted by atomic mass is 16.3. The van der Waals surface area contributed by atoms with Gasteiger partial charge >= 0.3 is 0 Å². The van der Waals surface area contributed by atoms with E-state index in [1.54, 1.807) is 0 Å². The van der Waals surface area contributed by atoms with Crippen LogP contribution in [0.2, 0.25) is 0 Å². The van der Waals surface area contributed by atoms with E-state index < -0.39 is 0 Å². The van der Waals surface area contributed by atoms with Crippen molar-refractivity contribution in [2.24, 2.45) is 17.3 Å². The summed E-state index contributed by atoms with van der Waals surface area (Å²) >= 11 is 0. The van der Waals surface area contributed by atoms with Crippen LogP contribution in [0.15, 0.2) is 0 Å². The minimum atomic E-state index is 0.223. The molecule has 96 valence electrons. The third kappa shape index (κ3) is 4.42. The second-order valence-electron chi connectivity index (χ2n) is 6.48. The Hall–Kier alpha value is -0.0800. The zero-order valence-corrected chi connectivity index (χ0v) is 11.4. The predicted octanol–water partition coefficient (Wildman–Crippen LogP) is 2.81. The van der Waals surface area contributed by atoms with E-state index in [4.69, 9.17) is 5.11 Å².